The lowest BCUT2D eigenvalue weighted by Crippen LogP contribution is -2.47. The van der Waals surface area contributed by atoms with Gasteiger partial charge in [0.25, 0.3) is 23.6 Å². The van der Waals surface area contributed by atoms with Crippen LogP contribution >= 0.6 is 11.3 Å². The third-order valence-electron chi connectivity index (χ3n) is 3.24. The van der Waals surface area contributed by atoms with Gasteiger partial charge in [0.1, 0.15) is 6.54 Å². The van der Waals surface area contributed by atoms with Crippen LogP contribution in [0, 0.1) is 0 Å². The highest BCUT2D eigenvalue weighted by molar-refractivity contribution is 7.12. The molecule has 116 valence electrons. The summed E-state index contributed by atoms with van der Waals surface area (Å²) < 4.78 is 0. The minimum atomic E-state index is -0.663. The summed E-state index contributed by atoms with van der Waals surface area (Å²) in [6, 6.07) is 9.68. The second-order valence-electron chi connectivity index (χ2n) is 4.72. The van der Waals surface area contributed by atoms with Gasteiger partial charge in [-0.2, -0.15) is 0 Å². The van der Waals surface area contributed by atoms with Crippen molar-refractivity contribution >= 4 is 35.0 Å². The van der Waals surface area contributed by atoms with E-state index in [1.165, 1.54) is 23.5 Å². The smallest absolute Gasteiger partial charge is 0.271 e. The summed E-state index contributed by atoms with van der Waals surface area (Å²) in [5.41, 5.74) is 4.96. The number of amides is 4. The Kier molecular flexibility index (Phi) is 3.90. The van der Waals surface area contributed by atoms with E-state index in [0.717, 1.165) is 4.90 Å². The number of hydrogen-bond acceptors (Lipinski definition) is 5. The van der Waals surface area contributed by atoms with E-state index in [1.807, 2.05) is 0 Å². The zero-order valence-electron chi connectivity index (χ0n) is 11.7. The minimum absolute atomic E-state index is 0.271. The highest BCUT2D eigenvalue weighted by Gasteiger charge is 2.36. The number of fused-ring (bicyclic) bond motifs is 1. The van der Waals surface area contributed by atoms with Crippen molar-refractivity contribution in [2.45, 2.75) is 0 Å². The molecule has 7 nitrogen and oxygen atoms in total. The summed E-state index contributed by atoms with van der Waals surface area (Å²) in [6.45, 7) is -0.461. The van der Waals surface area contributed by atoms with Gasteiger partial charge in [-0.15, -0.1) is 11.3 Å². The van der Waals surface area contributed by atoms with Gasteiger partial charge in [-0.3, -0.25) is 34.9 Å². The lowest BCUT2D eigenvalue weighted by Gasteiger charge is -2.13. The predicted molar refractivity (Wildman–Crippen MR) is 81.7 cm³/mol. The number of thiophene rings is 1. The summed E-state index contributed by atoms with van der Waals surface area (Å²) >= 11 is 1.23. The van der Waals surface area contributed by atoms with E-state index in [0.29, 0.717) is 4.88 Å². The molecule has 0 aliphatic carbocycles. The Balaban J connectivity index is 1.60. The van der Waals surface area contributed by atoms with Crippen LogP contribution < -0.4 is 10.9 Å². The van der Waals surface area contributed by atoms with Gasteiger partial charge in [0.05, 0.1) is 16.0 Å². The maximum absolute atomic E-state index is 12.1. The summed E-state index contributed by atoms with van der Waals surface area (Å²) in [7, 11) is 0. The van der Waals surface area contributed by atoms with Crippen molar-refractivity contribution in [3.05, 3.63) is 57.8 Å². The Bertz CT molecular complexity index is 766. The fourth-order valence-electron chi connectivity index (χ4n) is 2.16. The molecule has 0 fully saturated rings. The Morgan fingerprint density at radius 1 is 0.957 bits per heavy atom. The van der Waals surface area contributed by atoms with Gasteiger partial charge >= 0.3 is 0 Å². The molecule has 1 aliphatic heterocycles. The largest absolute Gasteiger partial charge is 0.279 e. The average Bonchev–Trinajstić information content (AvgIpc) is 3.17. The van der Waals surface area contributed by atoms with Gasteiger partial charge in [0, 0.05) is 0 Å². The average molecular weight is 329 g/mol. The SMILES string of the molecule is O=C(CN1C(=O)c2ccccc2C1=O)NNC(=O)c1cccs1. The highest BCUT2D eigenvalue weighted by Crippen LogP contribution is 2.21. The number of carbonyl (C=O) groups excluding carboxylic acids is 4. The quantitative estimate of drug-likeness (QED) is 0.643. The van der Waals surface area contributed by atoms with E-state index in [4.69, 9.17) is 0 Å². The summed E-state index contributed by atoms with van der Waals surface area (Å²) in [5.74, 6) is -2.17. The molecule has 0 atom stereocenters. The molecule has 23 heavy (non-hydrogen) atoms. The molecule has 4 amide bonds. The zero-order chi connectivity index (χ0) is 16.4. The lowest BCUT2D eigenvalue weighted by molar-refractivity contribution is -0.122. The molecule has 3 rings (SSSR count). The van der Waals surface area contributed by atoms with Crippen molar-refractivity contribution < 1.29 is 19.2 Å². The van der Waals surface area contributed by atoms with Crippen molar-refractivity contribution in [2.75, 3.05) is 6.54 Å². The summed E-state index contributed by atoms with van der Waals surface area (Å²) in [5, 5.41) is 1.73. The fourth-order valence-corrected chi connectivity index (χ4v) is 2.78. The van der Waals surface area contributed by atoms with Gasteiger partial charge in [-0.25, -0.2) is 0 Å². The molecule has 8 heteroatoms. The van der Waals surface area contributed by atoms with E-state index in [-0.39, 0.29) is 11.1 Å². The van der Waals surface area contributed by atoms with Crippen molar-refractivity contribution in [1.82, 2.24) is 15.8 Å². The van der Waals surface area contributed by atoms with E-state index in [9.17, 15) is 19.2 Å². The van der Waals surface area contributed by atoms with Crippen LogP contribution in [0.1, 0.15) is 30.4 Å². The third kappa shape index (κ3) is 2.84. The first-order chi connectivity index (χ1) is 11.1. The first-order valence-electron chi connectivity index (χ1n) is 6.66. The van der Waals surface area contributed by atoms with Crippen LogP contribution in [0.15, 0.2) is 41.8 Å². The standard InChI is InChI=1S/C15H11N3O4S/c19-12(16-17-13(20)11-6-3-7-23-11)8-18-14(21)9-4-1-2-5-10(9)15(18)22/h1-7H,8H2,(H,16,19)(H,17,20). The van der Waals surface area contributed by atoms with E-state index in [1.54, 1.807) is 29.6 Å². The van der Waals surface area contributed by atoms with Gasteiger partial charge in [-0.05, 0) is 23.6 Å². The number of hydrogen-bond donors (Lipinski definition) is 2. The number of rotatable bonds is 3. The monoisotopic (exact) mass is 329 g/mol. The van der Waals surface area contributed by atoms with Crippen LogP contribution in [-0.4, -0.2) is 35.1 Å². The molecule has 1 aromatic carbocycles. The Labute approximate surface area is 134 Å². The van der Waals surface area contributed by atoms with Crippen LogP contribution in [0.4, 0.5) is 0 Å². The number of benzene rings is 1. The molecule has 2 heterocycles. The first kappa shape index (κ1) is 14.9. The predicted octanol–water partition coefficient (Wildman–Crippen LogP) is 0.805. The lowest BCUT2D eigenvalue weighted by atomic mass is 10.1. The van der Waals surface area contributed by atoms with Crippen LogP contribution in [0.2, 0.25) is 0 Å². The molecule has 0 spiro atoms. The molecule has 1 aromatic heterocycles. The maximum Gasteiger partial charge on any atom is 0.279 e. The normalized spacial score (nSPS) is 13.0. The van der Waals surface area contributed by atoms with Gasteiger partial charge < -0.3 is 0 Å². The number of nitrogens with zero attached hydrogens (tertiary/aromatic N) is 1. The second kappa shape index (κ2) is 6.01. The third-order valence-corrected chi connectivity index (χ3v) is 4.11. The highest BCUT2D eigenvalue weighted by atomic mass is 32.1. The Morgan fingerprint density at radius 2 is 1.61 bits per heavy atom. The fraction of sp³-hybridized carbons (Fsp3) is 0.0667. The Morgan fingerprint density at radius 3 is 2.17 bits per heavy atom. The van der Waals surface area contributed by atoms with Gasteiger partial charge in [0.2, 0.25) is 0 Å². The zero-order valence-corrected chi connectivity index (χ0v) is 12.6. The summed E-state index contributed by atoms with van der Waals surface area (Å²) in [4.78, 5) is 49.0. The minimum Gasteiger partial charge on any atom is -0.271 e. The van der Waals surface area contributed by atoms with Gasteiger partial charge in [-0.1, -0.05) is 18.2 Å². The molecule has 0 unspecified atom stereocenters. The molecule has 2 aromatic rings. The van der Waals surface area contributed by atoms with Crippen molar-refractivity contribution in [2.24, 2.45) is 0 Å². The van der Waals surface area contributed by atoms with E-state index >= 15 is 0 Å². The number of hydrazine groups is 1. The van der Waals surface area contributed by atoms with Crippen molar-refractivity contribution in [3.63, 3.8) is 0 Å². The molecule has 1 aliphatic rings. The van der Waals surface area contributed by atoms with E-state index in [2.05, 4.69) is 10.9 Å². The second-order valence-corrected chi connectivity index (χ2v) is 5.67. The first-order valence-corrected chi connectivity index (χ1v) is 7.54. The number of carbonyl (C=O) groups is 4. The molecule has 0 radical (unpaired) electrons. The number of nitrogens with one attached hydrogen (secondary N) is 2. The van der Waals surface area contributed by atoms with E-state index < -0.39 is 30.2 Å². The summed E-state index contributed by atoms with van der Waals surface area (Å²) in [6.07, 6.45) is 0. The van der Waals surface area contributed by atoms with Crippen LogP contribution in [-0.2, 0) is 4.79 Å². The van der Waals surface area contributed by atoms with Crippen LogP contribution in [0.25, 0.3) is 0 Å². The van der Waals surface area contributed by atoms with Crippen LogP contribution in [0.3, 0.4) is 0 Å². The van der Waals surface area contributed by atoms with Gasteiger partial charge in [0.15, 0.2) is 0 Å². The molecule has 2 N–H and O–H groups in total. The van der Waals surface area contributed by atoms with Crippen molar-refractivity contribution in [3.8, 4) is 0 Å². The maximum atomic E-state index is 12.1. The van der Waals surface area contributed by atoms with Crippen LogP contribution in [0.5, 0.6) is 0 Å². The number of imide groups is 1. The molecular weight excluding hydrogens is 318 g/mol. The van der Waals surface area contributed by atoms with Crippen molar-refractivity contribution in [1.29, 1.82) is 0 Å². The molecule has 0 bridgehead atoms. The molecular formula is C15H11N3O4S. The topological polar surface area (TPSA) is 95.6 Å². The molecule has 0 saturated carbocycles. The Hall–Kier alpha value is -3.00. The molecule has 0 saturated heterocycles.